The van der Waals surface area contributed by atoms with Crippen LogP contribution in [0.25, 0.3) is 0 Å². The minimum absolute atomic E-state index is 0.0611. The number of hydrogen-bond acceptors (Lipinski definition) is 4. The van der Waals surface area contributed by atoms with Crippen LogP contribution < -0.4 is 14.4 Å². The molecule has 1 fully saturated rings. The van der Waals surface area contributed by atoms with E-state index in [1.54, 1.807) is 18.9 Å². The van der Waals surface area contributed by atoms with E-state index in [4.69, 9.17) is 9.47 Å². The van der Waals surface area contributed by atoms with Crippen LogP contribution in [-0.2, 0) is 4.79 Å². The van der Waals surface area contributed by atoms with E-state index in [0.717, 1.165) is 24.5 Å². The molecule has 0 aliphatic carbocycles. The Balaban J connectivity index is 1.57. The Bertz CT molecular complexity index is 743. The van der Waals surface area contributed by atoms with Crippen LogP contribution in [0.3, 0.4) is 0 Å². The largest absolute Gasteiger partial charge is 0.495 e. The molecule has 1 heterocycles. The molecule has 1 saturated heterocycles. The predicted octanol–water partition coefficient (Wildman–Crippen LogP) is 2.95. The molecule has 1 amide bonds. The Labute approximate surface area is 152 Å². The van der Waals surface area contributed by atoms with Gasteiger partial charge in [-0.2, -0.15) is 0 Å². The van der Waals surface area contributed by atoms with Gasteiger partial charge < -0.3 is 19.3 Å². The number of ether oxygens (including phenoxy) is 2. The second-order valence-corrected chi connectivity index (χ2v) is 6.20. The number of halogens is 1. The van der Waals surface area contributed by atoms with Crippen LogP contribution in [0.2, 0.25) is 0 Å². The molecule has 0 radical (unpaired) electrons. The summed E-state index contributed by atoms with van der Waals surface area (Å²) in [5.41, 5.74) is 1.04. The summed E-state index contributed by atoms with van der Waals surface area (Å²) < 4.78 is 24.0. The summed E-state index contributed by atoms with van der Waals surface area (Å²) in [7, 11) is 1.66. The molecule has 2 aromatic rings. The fourth-order valence-electron chi connectivity index (χ4n) is 3.08. The summed E-state index contributed by atoms with van der Waals surface area (Å²) in [5, 5.41) is 0. The van der Waals surface area contributed by atoms with Crippen molar-refractivity contribution < 1.29 is 18.7 Å². The summed E-state index contributed by atoms with van der Waals surface area (Å²) in [4.78, 5) is 16.6. The van der Waals surface area contributed by atoms with Crippen molar-refractivity contribution in [2.24, 2.45) is 0 Å². The average Bonchev–Trinajstić information content (AvgIpc) is 2.69. The van der Waals surface area contributed by atoms with Gasteiger partial charge in [0.15, 0.2) is 6.10 Å². The number of nitrogens with zero attached hydrogens (tertiary/aromatic N) is 2. The molecular weight excluding hydrogens is 335 g/mol. The first kappa shape index (κ1) is 18.0. The van der Waals surface area contributed by atoms with Gasteiger partial charge in [0.25, 0.3) is 5.91 Å². The van der Waals surface area contributed by atoms with Gasteiger partial charge in [0.1, 0.15) is 17.3 Å². The number of rotatable bonds is 5. The minimum atomic E-state index is -0.613. The molecule has 2 aromatic carbocycles. The number of piperazine rings is 1. The van der Waals surface area contributed by atoms with Crippen LogP contribution in [0.4, 0.5) is 10.1 Å². The molecule has 0 spiro atoms. The number of carbonyl (C=O) groups is 1. The molecule has 5 nitrogen and oxygen atoms in total. The van der Waals surface area contributed by atoms with Gasteiger partial charge in [0.05, 0.1) is 12.8 Å². The number of methoxy groups -OCH3 is 1. The molecule has 0 saturated carbocycles. The Morgan fingerprint density at radius 2 is 1.69 bits per heavy atom. The van der Waals surface area contributed by atoms with Gasteiger partial charge >= 0.3 is 0 Å². The fraction of sp³-hybridized carbons (Fsp3) is 0.350. The van der Waals surface area contributed by atoms with Crippen molar-refractivity contribution >= 4 is 11.6 Å². The predicted molar refractivity (Wildman–Crippen MR) is 98.3 cm³/mol. The summed E-state index contributed by atoms with van der Waals surface area (Å²) in [6.07, 6.45) is -0.613. The van der Waals surface area contributed by atoms with Crippen molar-refractivity contribution in [1.29, 1.82) is 0 Å². The second-order valence-electron chi connectivity index (χ2n) is 6.20. The Hall–Kier alpha value is -2.76. The number of benzene rings is 2. The highest BCUT2D eigenvalue weighted by Gasteiger charge is 2.27. The van der Waals surface area contributed by atoms with Crippen molar-refractivity contribution in [3.8, 4) is 11.5 Å². The molecule has 26 heavy (non-hydrogen) atoms. The molecule has 1 atom stereocenters. The lowest BCUT2D eigenvalue weighted by atomic mass is 10.2. The molecule has 0 unspecified atom stereocenters. The normalized spacial score (nSPS) is 15.5. The van der Waals surface area contributed by atoms with E-state index in [1.807, 2.05) is 24.3 Å². The van der Waals surface area contributed by atoms with Crippen molar-refractivity contribution in [1.82, 2.24) is 4.90 Å². The standard InChI is InChI=1S/C20H23FN2O3/c1-15(26-17-9-7-16(21)8-10-17)20(24)23-13-11-22(12-14-23)18-5-3-4-6-19(18)25-2/h3-10,15H,11-14H2,1-2H3/t15-/m1/s1. The van der Waals surface area contributed by atoms with Gasteiger partial charge in [-0.25, -0.2) is 4.39 Å². The second kappa shape index (κ2) is 8.08. The van der Waals surface area contributed by atoms with Crippen molar-refractivity contribution in [2.75, 3.05) is 38.2 Å². The molecule has 1 aliphatic heterocycles. The molecule has 1 aliphatic rings. The number of amides is 1. The maximum absolute atomic E-state index is 13.0. The van der Waals surface area contributed by atoms with Crippen molar-refractivity contribution in [2.45, 2.75) is 13.0 Å². The van der Waals surface area contributed by atoms with Gasteiger partial charge in [0.2, 0.25) is 0 Å². The van der Waals surface area contributed by atoms with Gasteiger partial charge in [-0.05, 0) is 43.3 Å². The maximum atomic E-state index is 13.0. The minimum Gasteiger partial charge on any atom is -0.495 e. The molecule has 0 aromatic heterocycles. The highest BCUT2D eigenvalue weighted by Crippen LogP contribution is 2.28. The smallest absolute Gasteiger partial charge is 0.263 e. The zero-order chi connectivity index (χ0) is 18.5. The maximum Gasteiger partial charge on any atom is 0.263 e. The Kier molecular flexibility index (Phi) is 5.61. The third-order valence-electron chi connectivity index (χ3n) is 4.49. The van der Waals surface area contributed by atoms with Gasteiger partial charge in [-0.15, -0.1) is 0 Å². The molecule has 3 rings (SSSR count). The fourth-order valence-corrected chi connectivity index (χ4v) is 3.08. The number of hydrogen-bond donors (Lipinski definition) is 0. The van der Waals surface area contributed by atoms with E-state index in [1.165, 1.54) is 24.3 Å². The van der Waals surface area contributed by atoms with Crippen molar-refractivity contribution in [3.63, 3.8) is 0 Å². The van der Waals surface area contributed by atoms with Crippen molar-refractivity contribution in [3.05, 3.63) is 54.3 Å². The van der Waals surface area contributed by atoms with E-state index < -0.39 is 6.10 Å². The number of para-hydroxylation sites is 2. The topological polar surface area (TPSA) is 42.0 Å². The van der Waals surface area contributed by atoms with Crippen LogP contribution in [0, 0.1) is 5.82 Å². The lowest BCUT2D eigenvalue weighted by molar-refractivity contribution is -0.138. The molecule has 0 bridgehead atoms. The third kappa shape index (κ3) is 4.07. The van der Waals surface area contributed by atoms with Crippen LogP contribution in [0.15, 0.2) is 48.5 Å². The summed E-state index contributed by atoms with van der Waals surface area (Å²) in [6.45, 7) is 4.42. The summed E-state index contributed by atoms with van der Waals surface area (Å²) in [5.74, 6) is 0.929. The number of anilines is 1. The zero-order valence-corrected chi connectivity index (χ0v) is 15.0. The van der Waals surface area contributed by atoms with Gasteiger partial charge in [-0.1, -0.05) is 12.1 Å². The highest BCUT2D eigenvalue weighted by atomic mass is 19.1. The molecule has 0 N–H and O–H groups in total. The Morgan fingerprint density at radius 3 is 2.35 bits per heavy atom. The lowest BCUT2D eigenvalue weighted by Crippen LogP contribution is -2.52. The van der Waals surface area contributed by atoms with E-state index in [2.05, 4.69) is 4.90 Å². The molecule has 6 heteroatoms. The monoisotopic (exact) mass is 358 g/mol. The zero-order valence-electron chi connectivity index (χ0n) is 15.0. The van der Waals surface area contributed by atoms with E-state index >= 15 is 0 Å². The highest BCUT2D eigenvalue weighted by molar-refractivity contribution is 5.81. The van der Waals surface area contributed by atoms with Crippen LogP contribution >= 0.6 is 0 Å². The van der Waals surface area contributed by atoms with Crippen LogP contribution in [0.1, 0.15) is 6.92 Å². The lowest BCUT2D eigenvalue weighted by Gasteiger charge is -2.37. The summed E-state index contributed by atoms with van der Waals surface area (Å²) in [6, 6.07) is 13.6. The quantitative estimate of drug-likeness (QED) is 0.824. The van der Waals surface area contributed by atoms with Crippen LogP contribution in [0.5, 0.6) is 11.5 Å². The molecule has 138 valence electrons. The third-order valence-corrected chi connectivity index (χ3v) is 4.49. The Morgan fingerprint density at radius 1 is 1.04 bits per heavy atom. The first-order chi connectivity index (χ1) is 12.6. The first-order valence-corrected chi connectivity index (χ1v) is 8.67. The van der Waals surface area contributed by atoms with Gasteiger partial charge in [0, 0.05) is 26.2 Å². The van der Waals surface area contributed by atoms with E-state index in [0.29, 0.717) is 18.8 Å². The van der Waals surface area contributed by atoms with E-state index in [-0.39, 0.29) is 11.7 Å². The number of carbonyl (C=O) groups excluding carboxylic acids is 1. The van der Waals surface area contributed by atoms with E-state index in [9.17, 15) is 9.18 Å². The van der Waals surface area contributed by atoms with Crippen LogP contribution in [-0.4, -0.2) is 50.2 Å². The first-order valence-electron chi connectivity index (χ1n) is 8.67. The molecular formula is C20H23FN2O3. The SMILES string of the molecule is COc1ccccc1N1CCN(C(=O)[C@@H](C)Oc2ccc(F)cc2)CC1. The van der Waals surface area contributed by atoms with Gasteiger partial charge in [-0.3, -0.25) is 4.79 Å². The average molecular weight is 358 g/mol. The summed E-state index contributed by atoms with van der Waals surface area (Å²) >= 11 is 0.